The van der Waals surface area contributed by atoms with E-state index in [0.29, 0.717) is 17.7 Å². The van der Waals surface area contributed by atoms with E-state index in [1.807, 2.05) is 12.1 Å². The van der Waals surface area contributed by atoms with Gasteiger partial charge in [0.05, 0.1) is 18.2 Å². The summed E-state index contributed by atoms with van der Waals surface area (Å²) >= 11 is 5.64. The van der Waals surface area contributed by atoms with E-state index in [1.165, 1.54) is 19.3 Å². The molecule has 0 saturated carbocycles. The molecule has 1 rings (SSSR count). The van der Waals surface area contributed by atoms with E-state index in [1.54, 1.807) is 0 Å². The van der Waals surface area contributed by atoms with Crippen molar-refractivity contribution in [2.75, 3.05) is 6.61 Å². The van der Waals surface area contributed by atoms with Gasteiger partial charge in [0.1, 0.15) is 0 Å². The van der Waals surface area contributed by atoms with E-state index in [4.69, 9.17) is 16.3 Å². The first-order valence-corrected chi connectivity index (χ1v) is 6.84. The third-order valence-corrected chi connectivity index (χ3v) is 3.12. The minimum absolute atomic E-state index is 0.390. The molecule has 0 aliphatic heterocycles. The first-order chi connectivity index (χ1) is 8.30. The van der Waals surface area contributed by atoms with Gasteiger partial charge in [0.25, 0.3) is 0 Å². The topological polar surface area (TPSA) is 35.0 Å². The van der Waals surface area contributed by atoms with Gasteiger partial charge in [-0.15, -0.1) is 16.7 Å². The SMILES string of the molecule is CCCCC(CC)COc1ccc(CCl)nn1. The smallest absolute Gasteiger partial charge is 0.233 e. The Kier molecular flexibility index (Phi) is 6.94. The van der Waals surface area contributed by atoms with Crippen molar-refractivity contribution in [2.24, 2.45) is 5.92 Å². The minimum atomic E-state index is 0.390. The lowest BCUT2D eigenvalue weighted by Gasteiger charge is -2.14. The van der Waals surface area contributed by atoms with E-state index < -0.39 is 0 Å². The van der Waals surface area contributed by atoms with Gasteiger partial charge >= 0.3 is 0 Å². The first-order valence-electron chi connectivity index (χ1n) is 6.31. The second kappa shape index (κ2) is 8.29. The van der Waals surface area contributed by atoms with E-state index in [9.17, 15) is 0 Å². The van der Waals surface area contributed by atoms with Crippen molar-refractivity contribution in [2.45, 2.75) is 45.4 Å². The lowest BCUT2D eigenvalue weighted by molar-refractivity contribution is 0.223. The molecule has 0 aliphatic rings. The summed E-state index contributed by atoms with van der Waals surface area (Å²) < 4.78 is 5.64. The molecule has 0 spiro atoms. The zero-order chi connectivity index (χ0) is 12.5. The normalized spacial score (nSPS) is 12.4. The molecule has 1 unspecified atom stereocenters. The second-order valence-corrected chi connectivity index (χ2v) is 4.49. The average molecular weight is 257 g/mol. The minimum Gasteiger partial charge on any atom is -0.476 e. The molecule has 96 valence electrons. The maximum Gasteiger partial charge on any atom is 0.233 e. The molecule has 1 aromatic rings. The van der Waals surface area contributed by atoms with Crippen LogP contribution in [0.2, 0.25) is 0 Å². The summed E-state index contributed by atoms with van der Waals surface area (Å²) in [7, 11) is 0. The number of rotatable bonds is 8. The Labute approximate surface area is 109 Å². The molecule has 0 aliphatic carbocycles. The number of aromatic nitrogens is 2. The summed E-state index contributed by atoms with van der Waals surface area (Å²) in [6, 6.07) is 3.68. The van der Waals surface area contributed by atoms with Gasteiger partial charge in [0.2, 0.25) is 5.88 Å². The Balaban J connectivity index is 2.36. The van der Waals surface area contributed by atoms with Crippen LogP contribution in [0, 0.1) is 5.92 Å². The highest BCUT2D eigenvalue weighted by Crippen LogP contribution is 2.15. The van der Waals surface area contributed by atoms with Gasteiger partial charge in [-0.1, -0.05) is 33.1 Å². The Morgan fingerprint density at radius 1 is 1.29 bits per heavy atom. The molecule has 0 N–H and O–H groups in total. The predicted molar refractivity (Wildman–Crippen MR) is 70.4 cm³/mol. The number of hydrogen-bond donors (Lipinski definition) is 0. The molecule has 0 aromatic carbocycles. The summed E-state index contributed by atoms with van der Waals surface area (Å²) in [5.41, 5.74) is 0.775. The van der Waals surface area contributed by atoms with Crippen molar-refractivity contribution in [3.63, 3.8) is 0 Å². The van der Waals surface area contributed by atoms with Crippen molar-refractivity contribution in [3.05, 3.63) is 17.8 Å². The molecule has 0 radical (unpaired) electrons. The number of nitrogens with zero attached hydrogens (tertiary/aromatic N) is 2. The maximum absolute atomic E-state index is 5.64. The number of hydrogen-bond acceptors (Lipinski definition) is 3. The van der Waals surface area contributed by atoms with E-state index in [-0.39, 0.29) is 0 Å². The van der Waals surface area contributed by atoms with Crippen LogP contribution in [0.3, 0.4) is 0 Å². The molecule has 3 nitrogen and oxygen atoms in total. The van der Waals surface area contributed by atoms with Gasteiger partial charge in [-0.05, 0) is 18.4 Å². The zero-order valence-corrected chi connectivity index (χ0v) is 11.4. The molecule has 1 heterocycles. The first kappa shape index (κ1) is 14.2. The third-order valence-electron chi connectivity index (χ3n) is 2.84. The molecule has 1 aromatic heterocycles. The summed E-state index contributed by atoms with van der Waals surface area (Å²) in [5, 5.41) is 7.94. The van der Waals surface area contributed by atoms with Crippen LogP contribution in [0.5, 0.6) is 5.88 Å². The Hall–Kier alpha value is -0.830. The van der Waals surface area contributed by atoms with E-state index in [0.717, 1.165) is 18.7 Å². The largest absolute Gasteiger partial charge is 0.476 e. The van der Waals surface area contributed by atoms with Crippen LogP contribution in [-0.2, 0) is 5.88 Å². The molecule has 4 heteroatoms. The van der Waals surface area contributed by atoms with Crippen LogP contribution >= 0.6 is 11.6 Å². The molecule has 0 saturated heterocycles. The van der Waals surface area contributed by atoms with Crippen molar-refractivity contribution < 1.29 is 4.74 Å². The fourth-order valence-corrected chi connectivity index (χ4v) is 1.74. The molecule has 1 atom stereocenters. The second-order valence-electron chi connectivity index (χ2n) is 4.22. The van der Waals surface area contributed by atoms with E-state index in [2.05, 4.69) is 24.0 Å². The highest BCUT2D eigenvalue weighted by atomic mass is 35.5. The third kappa shape index (κ3) is 5.35. The van der Waals surface area contributed by atoms with Crippen LogP contribution in [0.1, 0.15) is 45.2 Å². The van der Waals surface area contributed by atoms with Crippen molar-refractivity contribution in [1.82, 2.24) is 10.2 Å². The highest BCUT2D eigenvalue weighted by Gasteiger charge is 2.07. The Bertz CT molecular complexity index is 303. The summed E-state index contributed by atoms with van der Waals surface area (Å²) in [5.74, 6) is 1.60. The van der Waals surface area contributed by atoms with Gasteiger partial charge in [-0.3, -0.25) is 0 Å². The number of alkyl halides is 1. The molecule has 0 fully saturated rings. The van der Waals surface area contributed by atoms with Gasteiger partial charge < -0.3 is 4.74 Å². The Morgan fingerprint density at radius 3 is 2.65 bits per heavy atom. The van der Waals surface area contributed by atoms with Crippen molar-refractivity contribution >= 4 is 11.6 Å². The van der Waals surface area contributed by atoms with Crippen LogP contribution in [-0.4, -0.2) is 16.8 Å². The number of unbranched alkanes of at least 4 members (excludes halogenated alkanes) is 1. The van der Waals surface area contributed by atoms with Crippen LogP contribution < -0.4 is 4.74 Å². The van der Waals surface area contributed by atoms with Gasteiger partial charge in [-0.25, -0.2) is 0 Å². The Morgan fingerprint density at radius 2 is 2.12 bits per heavy atom. The molecule has 17 heavy (non-hydrogen) atoms. The lowest BCUT2D eigenvalue weighted by atomic mass is 10.0. The quantitative estimate of drug-likeness (QED) is 0.664. The van der Waals surface area contributed by atoms with Gasteiger partial charge in [-0.2, -0.15) is 5.10 Å². The standard InChI is InChI=1S/C13H21ClN2O/c1-3-5-6-11(4-2)10-17-13-8-7-12(9-14)15-16-13/h7-8,11H,3-6,9-10H2,1-2H3. The summed E-state index contributed by atoms with van der Waals surface area (Å²) in [4.78, 5) is 0. The fourth-order valence-electron chi connectivity index (χ4n) is 1.60. The number of halogens is 1. The maximum atomic E-state index is 5.64. The average Bonchev–Trinajstić information content (AvgIpc) is 2.39. The summed E-state index contributed by atoms with van der Waals surface area (Å²) in [6.07, 6.45) is 4.87. The zero-order valence-electron chi connectivity index (χ0n) is 10.7. The van der Waals surface area contributed by atoms with Crippen LogP contribution in [0.15, 0.2) is 12.1 Å². The van der Waals surface area contributed by atoms with Crippen LogP contribution in [0.4, 0.5) is 0 Å². The fraction of sp³-hybridized carbons (Fsp3) is 0.692. The molecule has 0 bridgehead atoms. The molecular formula is C13H21ClN2O. The monoisotopic (exact) mass is 256 g/mol. The predicted octanol–water partition coefficient (Wildman–Crippen LogP) is 3.81. The van der Waals surface area contributed by atoms with Crippen molar-refractivity contribution in [3.8, 4) is 5.88 Å². The van der Waals surface area contributed by atoms with Gasteiger partial charge in [0, 0.05) is 6.07 Å². The number of ether oxygens (including phenoxy) is 1. The van der Waals surface area contributed by atoms with Crippen LogP contribution in [0.25, 0.3) is 0 Å². The van der Waals surface area contributed by atoms with Gasteiger partial charge in [0.15, 0.2) is 0 Å². The van der Waals surface area contributed by atoms with Crippen molar-refractivity contribution in [1.29, 1.82) is 0 Å². The van der Waals surface area contributed by atoms with E-state index >= 15 is 0 Å². The highest BCUT2D eigenvalue weighted by molar-refractivity contribution is 6.16. The summed E-state index contributed by atoms with van der Waals surface area (Å²) in [6.45, 7) is 5.14. The lowest BCUT2D eigenvalue weighted by Crippen LogP contribution is -2.12. The molecular weight excluding hydrogens is 236 g/mol. The molecule has 0 amide bonds.